The molecule has 0 aliphatic carbocycles. The van der Waals surface area contributed by atoms with Gasteiger partial charge in [-0.3, -0.25) is 4.90 Å². The van der Waals surface area contributed by atoms with Gasteiger partial charge in [0.05, 0.1) is 12.0 Å². The number of nitrogens with two attached hydrogens (primary N) is 1. The molecule has 1 aliphatic heterocycles. The lowest BCUT2D eigenvalue weighted by Crippen LogP contribution is -2.34. The minimum Gasteiger partial charge on any atom is -0.340 e. The molecule has 0 aromatic carbocycles. The topological polar surface area (TPSA) is 47.1 Å². The highest BCUT2D eigenvalue weighted by Gasteiger charge is 2.23. The van der Waals surface area contributed by atoms with Crippen LogP contribution in [0.4, 0.5) is 0 Å². The molecule has 0 saturated carbocycles. The minimum atomic E-state index is 0.567. The van der Waals surface area contributed by atoms with Gasteiger partial charge in [0, 0.05) is 32.4 Å². The van der Waals surface area contributed by atoms with E-state index in [2.05, 4.69) is 16.1 Å². The van der Waals surface area contributed by atoms with Gasteiger partial charge in [-0.15, -0.1) is 0 Å². The van der Waals surface area contributed by atoms with Crippen molar-refractivity contribution in [1.82, 2.24) is 14.5 Å². The van der Waals surface area contributed by atoms with E-state index in [0.29, 0.717) is 6.04 Å². The first-order valence-electron chi connectivity index (χ1n) is 5.20. The number of aromatic nitrogens is 2. The minimum absolute atomic E-state index is 0.567. The van der Waals surface area contributed by atoms with Crippen molar-refractivity contribution in [3.8, 4) is 0 Å². The van der Waals surface area contributed by atoms with Crippen LogP contribution in [0.5, 0.6) is 0 Å². The van der Waals surface area contributed by atoms with Crippen LogP contribution in [-0.4, -0.2) is 33.6 Å². The molecule has 0 spiro atoms. The highest BCUT2D eigenvalue weighted by Crippen LogP contribution is 2.18. The molecule has 0 radical (unpaired) electrons. The third-order valence-corrected chi connectivity index (χ3v) is 2.89. The zero-order valence-electron chi connectivity index (χ0n) is 8.69. The van der Waals surface area contributed by atoms with Gasteiger partial charge in [-0.1, -0.05) is 0 Å². The number of hydrogen-bond acceptors (Lipinski definition) is 3. The number of aryl methyl sites for hydroxylation is 1. The SMILES string of the molecule is Cn1cnc(CN2CCCC2CN)c1. The van der Waals surface area contributed by atoms with Gasteiger partial charge < -0.3 is 10.3 Å². The smallest absolute Gasteiger partial charge is 0.0947 e. The van der Waals surface area contributed by atoms with Crippen LogP contribution in [0.3, 0.4) is 0 Å². The molecular formula is C10H18N4. The quantitative estimate of drug-likeness (QED) is 0.755. The fraction of sp³-hybridized carbons (Fsp3) is 0.700. The molecule has 1 aliphatic rings. The Morgan fingerprint density at radius 3 is 3.14 bits per heavy atom. The maximum absolute atomic E-state index is 5.72. The Bertz CT molecular complexity index is 294. The predicted molar refractivity (Wildman–Crippen MR) is 55.7 cm³/mol. The summed E-state index contributed by atoms with van der Waals surface area (Å²) >= 11 is 0. The van der Waals surface area contributed by atoms with Crippen molar-refractivity contribution in [1.29, 1.82) is 0 Å². The van der Waals surface area contributed by atoms with Gasteiger partial charge in [-0.05, 0) is 19.4 Å². The molecule has 2 heterocycles. The zero-order chi connectivity index (χ0) is 9.97. The summed E-state index contributed by atoms with van der Waals surface area (Å²) in [6.45, 7) is 2.88. The summed E-state index contributed by atoms with van der Waals surface area (Å²) in [5.74, 6) is 0. The lowest BCUT2D eigenvalue weighted by atomic mass is 10.2. The maximum Gasteiger partial charge on any atom is 0.0947 e. The summed E-state index contributed by atoms with van der Waals surface area (Å²) in [5, 5.41) is 0. The van der Waals surface area contributed by atoms with E-state index in [-0.39, 0.29) is 0 Å². The van der Waals surface area contributed by atoms with Crippen molar-refractivity contribution in [3.05, 3.63) is 18.2 Å². The summed E-state index contributed by atoms with van der Waals surface area (Å²) in [4.78, 5) is 6.76. The molecule has 4 nitrogen and oxygen atoms in total. The molecule has 1 atom stereocenters. The van der Waals surface area contributed by atoms with Crippen LogP contribution < -0.4 is 5.73 Å². The normalized spacial score (nSPS) is 23.1. The Morgan fingerprint density at radius 1 is 1.64 bits per heavy atom. The number of nitrogens with zero attached hydrogens (tertiary/aromatic N) is 3. The van der Waals surface area contributed by atoms with Gasteiger partial charge in [0.15, 0.2) is 0 Å². The van der Waals surface area contributed by atoms with E-state index in [1.165, 1.54) is 19.4 Å². The molecule has 2 rings (SSSR count). The molecule has 2 N–H and O–H groups in total. The number of imidazole rings is 1. The van der Waals surface area contributed by atoms with E-state index in [4.69, 9.17) is 5.73 Å². The average Bonchev–Trinajstić information content (AvgIpc) is 2.76. The highest BCUT2D eigenvalue weighted by atomic mass is 15.2. The fourth-order valence-corrected chi connectivity index (χ4v) is 2.13. The molecule has 1 aromatic heterocycles. The lowest BCUT2D eigenvalue weighted by molar-refractivity contribution is 0.247. The fourth-order valence-electron chi connectivity index (χ4n) is 2.13. The van der Waals surface area contributed by atoms with Gasteiger partial charge in [0.25, 0.3) is 0 Å². The molecule has 1 aromatic rings. The van der Waals surface area contributed by atoms with Crippen molar-refractivity contribution in [2.24, 2.45) is 12.8 Å². The Kier molecular flexibility index (Phi) is 2.84. The number of likely N-dealkylation sites (tertiary alicyclic amines) is 1. The van der Waals surface area contributed by atoms with Gasteiger partial charge in [0.2, 0.25) is 0 Å². The summed E-state index contributed by atoms with van der Waals surface area (Å²) in [5.41, 5.74) is 6.86. The standard InChI is InChI=1S/C10H18N4/c1-13-6-9(12-8-13)7-14-4-2-3-10(14)5-11/h6,8,10H,2-5,7,11H2,1H3. The Balaban J connectivity index is 1.96. The van der Waals surface area contributed by atoms with E-state index in [1.54, 1.807) is 0 Å². The molecule has 0 bridgehead atoms. The van der Waals surface area contributed by atoms with Crippen LogP contribution in [0.2, 0.25) is 0 Å². The largest absolute Gasteiger partial charge is 0.340 e. The monoisotopic (exact) mass is 194 g/mol. The third-order valence-electron chi connectivity index (χ3n) is 2.89. The first-order valence-corrected chi connectivity index (χ1v) is 5.20. The van der Waals surface area contributed by atoms with E-state index in [9.17, 15) is 0 Å². The lowest BCUT2D eigenvalue weighted by Gasteiger charge is -2.21. The highest BCUT2D eigenvalue weighted by molar-refractivity contribution is 4.97. The van der Waals surface area contributed by atoms with Crippen LogP contribution in [0, 0.1) is 0 Å². The molecule has 0 amide bonds. The second-order valence-electron chi connectivity index (χ2n) is 4.03. The van der Waals surface area contributed by atoms with Crippen LogP contribution in [-0.2, 0) is 13.6 Å². The second kappa shape index (κ2) is 4.11. The van der Waals surface area contributed by atoms with Crippen molar-refractivity contribution >= 4 is 0 Å². The van der Waals surface area contributed by atoms with E-state index < -0.39 is 0 Å². The van der Waals surface area contributed by atoms with Crippen LogP contribution in [0.25, 0.3) is 0 Å². The van der Waals surface area contributed by atoms with Crippen molar-refractivity contribution in [2.45, 2.75) is 25.4 Å². The van der Waals surface area contributed by atoms with Crippen molar-refractivity contribution in [3.63, 3.8) is 0 Å². The van der Waals surface area contributed by atoms with E-state index in [1.807, 2.05) is 17.9 Å². The third kappa shape index (κ3) is 1.96. The van der Waals surface area contributed by atoms with Crippen LogP contribution in [0.1, 0.15) is 18.5 Å². The van der Waals surface area contributed by atoms with Crippen molar-refractivity contribution in [2.75, 3.05) is 13.1 Å². The maximum atomic E-state index is 5.72. The average molecular weight is 194 g/mol. The summed E-state index contributed by atoms with van der Waals surface area (Å²) in [6, 6.07) is 0.567. The Hall–Kier alpha value is -0.870. The van der Waals surface area contributed by atoms with Gasteiger partial charge in [0.1, 0.15) is 0 Å². The second-order valence-corrected chi connectivity index (χ2v) is 4.03. The molecule has 4 heteroatoms. The Morgan fingerprint density at radius 2 is 2.50 bits per heavy atom. The number of rotatable bonds is 3. The molecule has 1 unspecified atom stereocenters. The van der Waals surface area contributed by atoms with Gasteiger partial charge in [-0.2, -0.15) is 0 Å². The van der Waals surface area contributed by atoms with Crippen LogP contribution in [0.15, 0.2) is 12.5 Å². The summed E-state index contributed by atoms with van der Waals surface area (Å²) in [6.07, 6.45) is 6.44. The first-order chi connectivity index (χ1) is 6.79. The summed E-state index contributed by atoms with van der Waals surface area (Å²) < 4.78 is 1.99. The first kappa shape index (κ1) is 9.68. The predicted octanol–water partition coefficient (Wildman–Crippen LogP) is 0.343. The van der Waals surface area contributed by atoms with Gasteiger partial charge in [-0.25, -0.2) is 4.98 Å². The van der Waals surface area contributed by atoms with Crippen molar-refractivity contribution < 1.29 is 0 Å². The molecule has 1 fully saturated rings. The van der Waals surface area contributed by atoms with E-state index in [0.717, 1.165) is 18.8 Å². The van der Waals surface area contributed by atoms with Crippen LogP contribution >= 0.6 is 0 Å². The summed E-state index contributed by atoms with van der Waals surface area (Å²) in [7, 11) is 2.00. The van der Waals surface area contributed by atoms with Gasteiger partial charge >= 0.3 is 0 Å². The zero-order valence-corrected chi connectivity index (χ0v) is 8.69. The molecule has 14 heavy (non-hydrogen) atoms. The molecular weight excluding hydrogens is 176 g/mol. The Labute approximate surface area is 84.7 Å². The molecule has 1 saturated heterocycles. The molecule has 78 valence electrons. The van der Waals surface area contributed by atoms with E-state index >= 15 is 0 Å². The number of hydrogen-bond donors (Lipinski definition) is 1.